The largest absolute Gasteiger partial charge is 0.348 e. The predicted octanol–water partition coefficient (Wildman–Crippen LogP) is 5.53. The summed E-state index contributed by atoms with van der Waals surface area (Å²) in [6, 6.07) is 9.72. The average Bonchev–Trinajstić information content (AvgIpc) is 3.39. The van der Waals surface area contributed by atoms with Crippen LogP contribution in [0.1, 0.15) is 32.7 Å². The van der Waals surface area contributed by atoms with Gasteiger partial charge in [0.05, 0.1) is 17.5 Å². The van der Waals surface area contributed by atoms with Crippen molar-refractivity contribution in [3.63, 3.8) is 0 Å². The van der Waals surface area contributed by atoms with E-state index >= 15 is 0 Å². The SMILES string of the molecule is Cc1cc(Cl)cc(-c2cnc(-c3cnn(C)c3)c(C(=O)NCc3cnc4[nH]c(C)c(C)c4c3)c2)c1. The number of fused-ring (bicyclic) bond motifs is 1. The Morgan fingerprint density at radius 1 is 1.00 bits per heavy atom. The highest BCUT2D eigenvalue weighted by atomic mass is 35.5. The lowest BCUT2D eigenvalue weighted by molar-refractivity contribution is 0.0951. The lowest BCUT2D eigenvalue weighted by atomic mass is 10.0. The maximum Gasteiger partial charge on any atom is 0.253 e. The van der Waals surface area contributed by atoms with E-state index in [2.05, 4.69) is 38.4 Å². The van der Waals surface area contributed by atoms with Crippen LogP contribution in [-0.4, -0.2) is 30.6 Å². The van der Waals surface area contributed by atoms with E-state index in [-0.39, 0.29) is 5.91 Å². The Kier molecular flexibility index (Phi) is 5.86. The molecule has 176 valence electrons. The van der Waals surface area contributed by atoms with Gasteiger partial charge in [0.25, 0.3) is 5.91 Å². The van der Waals surface area contributed by atoms with Crippen molar-refractivity contribution in [1.82, 2.24) is 30.0 Å². The van der Waals surface area contributed by atoms with Crippen molar-refractivity contribution in [3.05, 3.63) is 88.1 Å². The van der Waals surface area contributed by atoms with E-state index in [0.717, 1.165) is 50.1 Å². The molecule has 4 heterocycles. The third-order valence-electron chi connectivity index (χ3n) is 6.16. The molecule has 0 saturated carbocycles. The van der Waals surface area contributed by atoms with E-state index < -0.39 is 0 Å². The standard InChI is InChI=1S/C27H25ClN6O/c1-15-5-19(8-22(28)6-15)20-9-24(25(29-12-20)21-13-32-34(4)14-21)27(35)31-11-18-7-23-16(2)17(3)33-26(23)30-10-18/h5-10,12-14H,11H2,1-4H3,(H,30,33)(H,31,35). The fraction of sp³-hybridized carbons (Fsp3) is 0.185. The van der Waals surface area contributed by atoms with Crippen LogP contribution in [0.25, 0.3) is 33.4 Å². The molecule has 0 bridgehead atoms. The molecule has 7 nitrogen and oxygen atoms in total. The molecule has 0 spiro atoms. The number of hydrogen-bond acceptors (Lipinski definition) is 4. The highest BCUT2D eigenvalue weighted by Gasteiger charge is 2.18. The zero-order valence-corrected chi connectivity index (χ0v) is 20.7. The zero-order valence-electron chi connectivity index (χ0n) is 20.0. The van der Waals surface area contributed by atoms with Crippen molar-refractivity contribution in [2.24, 2.45) is 7.05 Å². The Hall–Kier alpha value is -3.97. The molecule has 0 fully saturated rings. The van der Waals surface area contributed by atoms with Gasteiger partial charge in [0.15, 0.2) is 0 Å². The number of aromatic amines is 1. The predicted molar refractivity (Wildman–Crippen MR) is 138 cm³/mol. The average molecular weight is 485 g/mol. The Morgan fingerprint density at radius 2 is 1.83 bits per heavy atom. The minimum absolute atomic E-state index is 0.223. The molecule has 5 aromatic rings. The number of carbonyl (C=O) groups excluding carboxylic acids is 1. The molecule has 5 rings (SSSR count). The Labute approximate surface area is 208 Å². The van der Waals surface area contributed by atoms with Crippen molar-refractivity contribution < 1.29 is 4.79 Å². The second-order valence-corrected chi connectivity index (χ2v) is 9.27. The van der Waals surface area contributed by atoms with Crippen LogP contribution in [0.3, 0.4) is 0 Å². The maximum atomic E-state index is 13.4. The molecule has 0 atom stereocenters. The topological polar surface area (TPSA) is 88.5 Å². The smallest absolute Gasteiger partial charge is 0.253 e. The zero-order chi connectivity index (χ0) is 24.7. The normalized spacial score (nSPS) is 11.2. The summed E-state index contributed by atoms with van der Waals surface area (Å²) in [6.45, 7) is 6.42. The summed E-state index contributed by atoms with van der Waals surface area (Å²) in [5, 5.41) is 8.99. The van der Waals surface area contributed by atoms with Crippen LogP contribution in [0.5, 0.6) is 0 Å². The molecule has 0 aliphatic heterocycles. The van der Waals surface area contributed by atoms with Crippen LogP contribution < -0.4 is 5.32 Å². The molecule has 35 heavy (non-hydrogen) atoms. The van der Waals surface area contributed by atoms with Gasteiger partial charge >= 0.3 is 0 Å². The molecule has 8 heteroatoms. The van der Waals surface area contributed by atoms with Crippen LogP contribution in [0, 0.1) is 20.8 Å². The molecule has 0 radical (unpaired) electrons. The molecule has 0 aliphatic carbocycles. The van der Waals surface area contributed by atoms with E-state index in [1.807, 2.05) is 51.4 Å². The van der Waals surface area contributed by atoms with Crippen molar-refractivity contribution in [2.45, 2.75) is 27.3 Å². The van der Waals surface area contributed by atoms with Gasteiger partial charge in [0.2, 0.25) is 0 Å². The van der Waals surface area contributed by atoms with Gasteiger partial charge in [-0.05, 0) is 67.3 Å². The Balaban J connectivity index is 1.49. The van der Waals surface area contributed by atoms with E-state index in [0.29, 0.717) is 22.8 Å². The number of benzene rings is 1. The van der Waals surface area contributed by atoms with E-state index in [4.69, 9.17) is 11.6 Å². The molecule has 4 aromatic heterocycles. The van der Waals surface area contributed by atoms with E-state index in [1.54, 1.807) is 23.3 Å². The number of nitrogens with zero attached hydrogens (tertiary/aromatic N) is 4. The number of nitrogens with one attached hydrogen (secondary N) is 2. The van der Waals surface area contributed by atoms with Gasteiger partial charge in [-0.25, -0.2) is 4.98 Å². The van der Waals surface area contributed by atoms with Crippen molar-refractivity contribution in [3.8, 4) is 22.4 Å². The number of aryl methyl sites for hydroxylation is 4. The van der Waals surface area contributed by atoms with Crippen molar-refractivity contribution >= 4 is 28.5 Å². The second kappa shape index (κ2) is 9.00. The Bertz CT molecular complexity index is 1560. The lowest BCUT2D eigenvalue weighted by Crippen LogP contribution is -2.24. The van der Waals surface area contributed by atoms with Crippen LogP contribution in [0.15, 0.2) is 55.1 Å². The first-order valence-electron chi connectivity index (χ1n) is 11.3. The second-order valence-electron chi connectivity index (χ2n) is 8.84. The lowest BCUT2D eigenvalue weighted by Gasteiger charge is -2.12. The molecule has 0 saturated heterocycles. The maximum absolute atomic E-state index is 13.4. The number of halogens is 1. The number of pyridine rings is 2. The summed E-state index contributed by atoms with van der Waals surface area (Å²) < 4.78 is 1.69. The summed E-state index contributed by atoms with van der Waals surface area (Å²) in [6.07, 6.45) is 7.09. The van der Waals surface area contributed by atoms with Crippen molar-refractivity contribution in [2.75, 3.05) is 0 Å². The minimum Gasteiger partial charge on any atom is -0.348 e. The monoisotopic (exact) mass is 484 g/mol. The molecular weight excluding hydrogens is 460 g/mol. The van der Waals surface area contributed by atoms with Gasteiger partial charge in [-0.2, -0.15) is 5.10 Å². The van der Waals surface area contributed by atoms with Crippen molar-refractivity contribution in [1.29, 1.82) is 0 Å². The fourth-order valence-corrected chi connectivity index (χ4v) is 4.50. The third kappa shape index (κ3) is 4.55. The van der Waals surface area contributed by atoms with Crippen LogP contribution in [-0.2, 0) is 13.6 Å². The summed E-state index contributed by atoms with van der Waals surface area (Å²) in [7, 11) is 1.83. The molecule has 1 aromatic carbocycles. The number of rotatable bonds is 5. The first-order chi connectivity index (χ1) is 16.8. The number of carbonyl (C=O) groups is 1. The fourth-order valence-electron chi connectivity index (χ4n) is 4.21. The van der Waals surface area contributed by atoms with Gasteiger partial charge in [0, 0.05) is 59.4 Å². The molecule has 2 N–H and O–H groups in total. The third-order valence-corrected chi connectivity index (χ3v) is 6.37. The number of aromatic nitrogens is 5. The quantitative estimate of drug-likeness (QED) is 0.343. The molecule has 0 unspecified atom stereocenters. The number of H-pyrrole nitrogens is 1. The van der Waals surface area contributed by atoms with Crippen LogP contribution >= 0.6 is 11.6 Å². The summed E-state index contributed by atoms with van der Waals surface area (Å²) >= 11 is 6.29. The van der Waals surface area contributed by atoms with Crippen LogP contribution in [0.2, 0.25) is 5.02 Å². The highest BCUT2D eigenvalue weighted by Crippen LogP contribution is 2.29. The minimum atomic E-state index is -0.223. The molecule has 0 aliphatic rings. The number of hydrogen-bond donors (Lipinski definition) is 2. The first kappa shape index (κ1) is 22.8. The van der Waals surface area contributed by atoms with Gasteiger partial charge < -0.3 is 10.3 Å². The summed E-state index contributed by atoms with van der Waals surface area (Å²) in [4.78, 5) is 25.9. The van der Waals surface area contributed by atoms with E-state index in [1.165, 1.54) is 0 Å². The number of amides is 1. The molecule has 1 amide bonds. The summed E-state index contributed by atoms with van der Waals surface area (Å²) in [5.41, 5.74) is 8.59. The van der Waals surface area contributed by atoms with E-state index in [9.17, 15) is 4.79 Å². The van der Waals surface area contributed by atoms with Gasteiger partial charge in [-0.15, -0.1) is 0 Å². The van der Waals surface area contributed by atoms with Gasteiger partial charge in [-0.3, -0.25) is 14.5 Å². The molecular formula is C27H25ClN6O. The highest BCUT2D eigenvalue weighted by molar-refractivity contribution is 6.31. The van der Waals surface area contributed by atoms with Gasteiger partial charge in [0.1, 0.15) is 5.65 Å². The van der Waals surface area contributed by atoms with Gasteiger partial charge in [-0.1, -0.05) is 17.7 Å². The summed E-state index contributed by atoms with van der Waals surface area (Å²) in [5.74, 6) is -0.223. The first-order valence-corrected chi connectivity index (χ1v) is 11.6. The van der Waals surface area contributed by atoms with Crippen LogP contribution in [0.4, 0.5) is 0 Å². The Morgan fingerprint density at radius 3 is 2.57 bits per heavy atom.